The highest BCUT2D eigenvalue weighted by Crippen LogP contribution is 2.46. The summed E-state index contributed by atoms with van der Waals surface area (Å²) in [6.45, 7) is 1.93. The van der Waals surface area contributed by atoms with E-state index in [1.54, 1.807) is 18.2 Å². The number of halogens is 1. The van der Waals surface area contributed by atoms with E-state index in [0.717, 1.165) is 9.87 Å². The Morgan fingerprint density at radius 3 is 2.50 bits per heavy atom. The van der Waals surface area contributed by atoms with Crippen molar-refractivity contribution in [2.75, 3.05) is 6.61 Å². The van der Waals surface area contributed by atoms with E-state index in [4.69, 9.17) is 17.0 Å². The Morgan fingerprint density at radius 1 is 1.21 bits per heavy atom. The predicted octanol–water partition coefficient (Wildman–Crippen LogP) is 2.44. The van der Waals surface area contributed by atoms with Crippen LogP contribution in [0.3, 0.4) is 0 Å². The van der Waals surface area contributed by atoms with Crippen LogP contribution in [-0.2, 0) is 19.6 Å². The molecule has 0 amide bonds. The molecule has 2 fully saturated rings. The quantitative estimate of drug-likeness (QED) is 0.607. The molecular weight excluding hydrogens is 403 g/mol. The second-order valence-electron chi connectivity index (χ2n) is 6.83. The third-order valence-electron chi connectivity index (χ3n) is 5.10. The lowest BCUT2D eigenvalue weighted by Crippen LogP contribution is -2.49. The minimum absolute atomic E-state index is 0.00648. The minimum atomic E-state index is -4.15. The lowest BCUT2D eigenvalue weighted by Gasteiger charge is -2.31. The van der Waals surface area contributed by atoms with Crippen LogP contribution >= 0.6 is 12.2 Å². The summed E-state index contributed by atoms with van der Waals surface area (Å²) in [5, 5.41) is 2.67. The van der Waals surface area contributed by atoms with Crippen molar-refractivity contribution in [2.45, 2.75) is 29.8 Å². The van der Waals surface area contributed by atoms with Gasteiger partial charge < -0.3 is 10.1 Å². The molecule has 0 aromatic heterocycles. The van der Waals surface area contributed by atoms with Crippen molar-refractivity contribution in [2.24, 2.45) is 0 Å². The first-order valence-corrected chi connectivity index (χ1v) is 10.5. The van der Waals surface area contributed by atoms with Crippen molar-refractivity contribution in [1.82, 2.24) is 9.62 Å². The summed E-state index contributed by atoms with van der Waals surface area (Å²) in [7, 11) is -4.15. The molecule has 0 bridgehead atoms. The second kappa shape index (κ2) is 6.52. The summed E-state index contributed by atoms with van der Waals surface area (Å²) in [5.74, 6) is -1.27. The number of rotatable bonds is 3. The topological polar surface area (TPSA) is 75.7 Å². The third kappa shape index (κ3) is 2.68. The molecule has 2 aliphatic rings. The van der Waals surface area contributed by atoms with Crippen LogP contribution in [0.15, 0.2) is 53.4 Å². The number of hydrogen-bond acceptors (Lipinski definition) is 5. The van der Waals surface area contributed by atoms with Crippen LogP contribution in [0, 0.1) is 12.7 Å². The maximum atomic E-state index is 14.7. The fraction of sp³-hybridized carbons (Fsp3) is 0.263. The number of thiocarbonyl (C=S) groups is 1. The van der Waals surface area contributed by atoms with Gasteiger partial charge in [-0.2, -0.15) is 0 Å². The number of carbonyl (C=O) groups excluding carboxylic acids is 1. The number of esters is 1. The van der Waals surface area contributed by atoms with E-state index in [-0.39, 0.29) is 28.6 Å². The second-order valence-corrected chi connectivity index (χ2v) is 9.03. The number of benzene rings is 2. The Hall–Kier alpha value is -2.52. The van der Waals surface area contributed by atoms with Crippen LogP contribution in [0.4, 0.5) is 4.39 Å². The van der Waals surface area contributed by atoms with Gasteiger partial charge in [0.1, 0.15) is 11.9 Å². The lowest BCUT2D eigenvalue weighted by atomic mass is 9.85. The zero-order valence-corrected chi connectivity index (χ0v) is 16.5. The van der Waals surface area contributed by atoms with E-state index >= 15 is 0 Å². The largest absolute Gasteiger partial charge is 0.464 e. The van der Waals surface area contributed by atoms with Crippen LogP contribution in [-0.4, -0.2) is 36.0 Å². The molecule has 2 saturated heterocycles. The van der Waals surface area contributed by atoms with Gasteiger partial charge in [0.25, 0.3) is 10.0 Å². The standard InChI is InChI=1S/C19H17FN2O4S2/c1-12-6-8-13(9-7-12)28(24,25)22-16(14-4-2-3-5-15(14)20)19(21-18(22)27)10-11-26-17(19)23/h2-9,16H,10-11H2,1H3,(H,21,27)/t16-,19+/m1/s1. The van der Waals surface area contributed by atoms with Crippen molar-refractivity contribution in [3.8, 4) is 0 Å². The van der Waals surface area contributed by atoms with Gasteiger partial charge in [-0.1, -0.05) is 35.9 Å². The molecule has 9 heteroatoms. The van der Waals surface area contributed by atoms with Gasteiger partial charge in [-0.25, -0.2) is 21.9 Å². The Kier molecular flexibility index (Phi) is 4.39. The zero-order chi connectivity index (χ0) is 20.1. The summed E-state index contributed by atoms with van der Waals surface area (Å²) >= 11 is 5.30. The molecule has 1 spiro atoms. The van der Waals surface area contributed by atoms with E-state index in [1.165, 1.54) is 30.3 Å². The average molecular weight is 420 g/mol. The van der Waals surface area contributed by atoms with Gasteiger partial charge in [-0.05, 0) is 37.3 Å². The number of nitrogens with one attached hydrogen (secondary N) is 1. The first-order chi connectivity index (χ1) is 13.3. The molecule has 0 radical (unpaired) electrons. The van der Waals surface area contributed by atoms with Gasteiger partial charge >= 0.3 is 5.97 Å². The summed E-state index contributed by atoms with van der Waals surface area (Å²) in [6.07, 6.45) is 0.172. The van der Waals surface area contributed by atoms with Crippen LogP contribution in [0.5, 0.6) is 0 Å². The molecular formula is C19H17FN2O4S2. The molecule has 2 aromatic carbocycles. The van der Waals surface area contributed by atoms with E-state index in [2.05, 4.69) is 5.32 Å². The molecule has 0 aliphatic carbocycles. The first kappa shape index (κ1) is 18.8. The summed E-state index contributed by atoms with van der Waals surface area (Å²) in [6, 6.07) is 10.8. The number of carbonyl (C=O) groups is 1. The van der Waals surface area contributed by atoms with Gasteiger partial charge in [0.2, 0.25) is 0 Å². The third-order valence-corrected chi connectivity index (χ3v) is 7.30. The number of cyclic esters (lactones) is 1. The fourth-order valence-electron chi connectivity index (χ4n) is 3.69. The highest BCUT2D eigenvalue weighted by molar-refractivity contribution is 7.91. The monoisotopic (exact) mass is 420 g/mol. The van der Waals surface area contributed by atoms with Crippen LogP contribution in [0.25, 0.3) is 0 Å². The van der Waals surface area contributed by atoms with Crippen molar-refractivity contribution < 1.29 is 22.3 Å². The lowest BCUT2D eigenvalue weighted by molar-refractivity contribution is -0.143. The number of nitrogens with zero attached hydrogens (tertiary/aromatic N) is 1. The molecule has 0 saturated carbocycles. The van der Waals surface area contributed by atoms with Gasteiger partial charge in [-0.15, -0.1) is 0 Å². The van der Waals surface area contributed by atoms with Crippen LogP contribution in [0.2, 0.25) is 0 Å². The molecule has 2 atom stereocenters. The Balaban J connectivity index is 1.92. The average Bonchev–Trinajstić information content (AvgIpc) is 3.16. The fourth-order valence-corrected chi connectivity index (χ4v) is 5.81. The summed E-state index contributed by atoms with van der Waals surface area (Å²) in [4.78, 5) is 12.6. The smallest absolute Gasteiger partial charge is 0.334 e. The summed E-state index contributed by atoms with van der Waals surface area (Å²) in [5.41, 5.74) is -0.510. The Bertz CT molecular complexity index is 1070. The molecule has 1 N–H and O–H groups in total. The van der Waals surface area contributed by atoms with Crippen LogP contribution in [0.1, 0.15) is 23.6 Å². The Labute approximate surface area is 167 Å². The zero-order valence-electron chi connectivity index (χ0n) is 14.9. The van der Waals surface area contributed by atoms with E-state index < -0.39 is 33.4 Å². The SMILES string of the molecule is Cc1ccc(S(=O)(=O)N2C(=S)N[C@@]3(CCOC3=O)[C@H]2c2ccccc2F)cc1. The van der Waals surface area contributed by atoms with Crippen LogP contribution < -0.4 is 5.32 Å². The van der Waals surface area contributed by atoms with Crippen molar-refractivity contribution >= 4 is 33.3 Å². The minimum Gasteiger partial charge on any atom is -0.464 e. The van der Waals surface area contributed by atoms with Gasteiger partial charge in [0.05, 0.1) is 11.5 Å². The number of ether oxygens (including phenoxy) is 1. The van der Waals surface area contributed by atoms with E-state index in [9.17, 15) is 17.6 Å². The maximum absolute atomic E-state index is 14.7. The molecule has 2 heterocycles. The van der Waals surface area contributed by atoms with Gasteiger partial charge in [0.15, 0.2) is 10.7 Å². The highest BCUT2D eigenvalue weighted by atomic mass is 32.2. The van der Waals surface area contributed by atoms with Gasteiger partial charge in [0, 0.05) is 12.0 Å². The van der Waals surface area contributed by atoms with E-state index in [1.807, 2.05) is 6.92 Å². The number of hydrogen-bond donors (Lipinski definition) is 1. The van der Waals surface area contributed by atoms with Crippen molar-refractivity contribution in [3.05, 3.63) is 65.5 Å². The molecule has 4 rings (SSSR count). The van der Waals surface area contributed by atoms with Crippen molar-refractivity contribution in [3.63, 3.8) is 0 Å². The van der Waals surface area contributed by atoms with Crippen molar-refractivity contribution in [1.29, 1.82) is 0 Å². The molecule has 2 aliphatic heterocycles. The predicted molar refractivity (Wildman–Crippen MR) is 103 cm³/mol. The van der Waals surface area contributed by atoms with Gasteiger partial charge in [-0.3, -0.25) is 0 Å². The molecule has 6 nitrogen and oxygen atoms in total. The highest BCUT2D eigenvalue weighted by Gasteiger charge is 2.62. The molecule has 28 heavy (non-hydrogen) atoms. The number of sulfonamides is 1. The first-order valence-electron chi connectivity index (χ1n) is 8.62. The number of aryl methyl sites for hydroxylation is 1. The van der Waals surface area contributed by atoms with E-state index in [0.29, 0.717) is 0 Å². The molecule has 146 valence electrons. The molecule has 2 aromatic rings. The maximum Gasteiger partial charge on any atom is 0.334 e. The summed E-state index contributed by atoms with van der Waals surface area (Å²) < 4.78 is 47.6. The Morgan fingerprint density at radius 2 is 1.89 bits per heavy atom. The normalized spacial score (nSPS) is 24.5. The molecule has 0 unspecified atom stereocenters.